The normalized spacial score (nSPS) is 18.0. The molecule has 0 aromatic heterocycles. The van der Waals surface area contributed by atoms with Gasteiger partial charge in [0.25, 0.3) is 5.91 Å². The van der Waals surface area contributed by atoms with Crippen LogP contribution < -0.4 is 15.4 Å². The van der Waals surface area contributed by atoms with Gasteiger partial charge in [-0.25, -0.2) is 0 Å². The summed E-state index contributed by atoms with van der Waals surface area (Å²) < 4.78 is 5.84. The van der Waals surface area contributed by atoms with E-state index in [2.05, 4.69) is 0 Å². The van der Waals surface area contributed by atoms with E-state index in [1.54, 1.807) is 53.4 Å². The van der Waals surface area contributed by atoms with Gasteiger partial charge in [0.2, 0.25) is 11.8 Å². The first-order valence-corrected chi connectivity index (χ1v) is 10.4. The SMILES string of the molecule is NC(=O)C1CCN(C(=O)CN2C(=O)C(=Cc3cccc(Cl)c3)Oc3ccccc32)CC1. The molecule has 0 saturated carbocycles. The van der Waals surface area contributed by atoms with Gasteiger partial charge in [0.05, 0.1) is 5.69 Å². The zero-order chi connectivity index (χ0) is 22.0. The number of piperidine rings is 1. The van der Waals surface area contributed by atoms with Gasteiger partial charge in [0.15, 0.2) is 11.5 Å². The summed E-state index contributed by atoms with van der Waals surface area (Å²) in [4.78, 5) is 40.6. The minimum Gasteiger partial charge on any atom is -0.449 e. The van der Waals surface area contributed by atoms with E-state index >= 15 is 0 Å². The van der Waals surface area contributed by atoms with Gasteiger partial charge in [-0.3, -0.25) is 19.3 Å². The molecule has 31 heavy (non-hydrogen) atoms. The average Bonchev–Trinajstić information content (AvgIpc) is 2.76. The molecule has 2 aromatic rings. The second kappa shape index (κ2) is 8.81. The zero-order valence-electron chi connectivity index (χ0n) is 16.8. The van der Waals surface area contributed by atoms with Crippen molar-refractivity contribution in [1.82, 2.24) is 4.90 Å². The number of para-hydroxylation sites is 2. The molecule has 0 atom stereocenters. The van der Waals surface area contributed by atoms with Crippen LogP contribution in [0.2, 0.25) is 5.02 Å². The number of primary amides is 1. The summed E-state index contributed by atoms with van der Waals surface area (Å²) in [6, 6.07) is 14.2. The molecule has 160 valence electrons. The predicted molar refractivity (Wildman–Crippen MR) is 117 cm³/mol. The van der Waals surface area contributed by atoms with E-state index in [9.17, 15) is 14.4 Å². The number of benzene rings is 2. The summed E-state index contributed by atoms with van der Waals surface area (Å²) in [6.45, 7) is 0.767. The van der Waals surface area contributed by atoms with Crippen molar-refractivity contribution in [3.63, 3.8) is 0 Å². The van der Waals surface area contributed by atoms with Crippen LogP contribution in [-0.2, 0) is 14.4 Å². The summed E-state index contributed by atoms with van der Waals surface area (Å²) in [5.74, 6) is -0.520. The summed E-state index contributed by atoms with van der Waals surface area (Å²) in [5, 5.41) is 0.546. The van der Waals surface area contributed by atoms with Crippen LogP contribution in [0, 0.1) is 5.92 Å². The van der Waals surface area contributed by atoms with Crippen molar-refractivity contribution in [2.24, 2.45) is 11.7 Å². The van der Waals surface area contributed by atoms with Crippen molar-refractivity contribution < 1.29 is 19.1 Å². The second-order valence-electron chi connectivity index (χ2n) is 7.58. The molecule has 2 N–H and O–H groups in total. The van der Waals surface area contributed by atoms with Crippen LogP contribution >= 0.6 is 11.6 Å². The maximum absolute atomic E-state index is 13.2. The molecule has 8 heteroatoms. The molecule has 3 amide bonds. The Hall–Kier alpha value is -3.32. The van der Waals surface area contributed by atoms with E-state index in [0.29, 0.717) is 42.4 Å². The zero-order valence-corrected chi connectivity index (χ0v) is 17.5. The topological polar surface area (TPSA) is 92.9 Å². The number of nitrogens with zero attached hydrogens (tertiary/aromatic N) is 2. The highest BCUT2D eigenvalue weighted by atomic mass is 35.5. The Labute approximate surface area is 185 Å². The van der Waals surface area contributed by atoms with Gasteiger partial charge in [-0.05, 0) is 48.7 Å². The third-order valence-electron chi connectivity index (χ3n) is 5.52. The minimum absolute atomic E-state index is 0.112. The van der Waals surface area contributed by atoms with E-state index in [0.717, 1.165) is 5.56 Å². The van der Waals surface area contributed by atoms with Crippen molar-refractivity contribution in [2.45, 2.75) is 12.8 Å². The molecule has 1 saturated heterocycles. The highest BCUT2D eigenvalue weighted by molar-refractivity contribution is 6.30. The number of rotatable bonds is 4. The maximum Gasteiger partial charge on any atom is 0.294 e. The number of carbonyl (C=O) groups excluding carboxylic acids is 3. The number of halogens is 1. The Morgan fingerprint density at radius 2 is 1.87 bits per heavy atom. The molecule has 2 aliphatic rings. The lowest BCUT2D eigenvalue weighted by Gasteiger charge is -2.34. The average molecular weight is 440 g/mol. The Balaban J connectivity index is 1.56. The van der Waals surface area contributed by atoms with Crippen LogP contribution in [0.15, 0.2) is 54.3 Å². The number of ether oxygens (including phenoxy) is 1. The van der Waals surface area contributed by atoms with Crippen molar-refractivity contribution >= 4 is 41.1 Å². The quantitative estimate of drug-likeness (QED) is 0.741. The lowest BCUT2D eigenvalue weighted by molar-refractivity contribution is -0.134. The first-order valence-electron chi connectivity index (χ1n) is 10.1. The number of amides is 3. The highest BCUT2D eigenvalue weighted by Gasteiger charge is 2.34. The second-order valence-corrected chi connectivity index (χ2v) is 8.02. The molecule has 7 nitrogen and oxygen atoms in total. The monoisotopic (exact) mass is 439 g/mol. The van der Waals surface area contributed by atoms with Gasteiger partial charge < -0.3 is 15.4 Å². The molecule has 0 spiro atoms. The summed E-state index contributed by atoms with van der Waals surface area (Å²) in [5.41, 5.74) is 6.63. The first kappa shape index (κ1) is 20.9. The molecule has 2 aliphatic heterocycles. The van der Waals surface area contributed by atoms with Gasteiger partial charge in [-0.1, -0.05) is 35.9 Å². The van der Waals surface area contributed by atoms with Crippen molar-refractivity contribution in [3.05, 3.63) is 64.9 Å². The largest absolute Gasteiger partial charge is 0.449 e. The van der Waals surface area contributed by atoms with E-state index in [4.69, 9.17) is 22.1 Å². The van der Waals surface area contributed by atoms with Crippen molar-refractivity contribution in [2.75, 3.05) is 24.5 Å². The lowest BCUT2D eigenvalue weighted by atomic mass is 9.96. The van der Waals surface area contributed by atoms with Crippen LogP contribution in [0.3, 0.4) is 0 Å². The number of hydrogen-bond donors (Lipinski definition) is 1. The number of likely N-dealkylation sites (tertiary alicyclic amines) is 1. The Kier molecular flexibility index (Phi) is 5.95. The molecule has 2 heterocycles. The molecule has 1 fully saturated rings. The fraction of sp³-hybridized carbons (Fsp3) is 0.261. The Morgan fingerprint density at radius 1 is 1.13 bits per heavy atom. The number of anilines is 1. The van der Waals surface area contributed by atoms with Crippen LogP contribution in [0.25, 0.3) is 6.08 Å². The molecule has 0 radical (unpaired) electrons. The van der Waals surface area contributed by atoms with E-state index in [1.165, 1.54) is 4.90 Å². The summed E-state index contributed by atoms with van der Waals surface area (Å²) >= 11 is 6.05. The lowest BCUT2D eigenvalue weighted by Crippen LogP contribution is -2.48. The molecular weight excluding hydrogens is 418 g/mol. The van der Waals surface area contributed by atoms with E-state index in [1.807, 2.05) is 6.07 Å². The molecular formula is C23H22ClN3O4. The van der Waals surface area contributed by atoms with Crippen LogP contribution in [-0.4, -0.2) is 42.3 Å². The number of carbonyl (C=O) groups is 3. The molecule has 0 aliphatic carbocycles. The number of nitrogens with two attached hydrogens (primary N) is 1. The molecule has 0 bridgehead atoms. The van der Waals surface area contributed by atoms with Gasteiger partial charge in [0.1, 0.15) is 6.54 Å². The van der Waals surface area contributed by atoms with E-state index in [-0.39, 0.29) is 30.0 Å². The Morgan fingerprint density at radius 3 is 2.58 bits per heavy atom. The predicted octanol–water partition coefficient (Wildman–Crippen LogP) is 2.83. The third-order valence-corrected chi connectivity index (χ3v) is 5.76. The highest BCUT2D eigenvalue weighted by Crippen LogP contribution is 2.35. The third kappa shape index (κ3) is 4.56. The molecule has 0 unspecified atom stereocenters. The van der Waals surface area contributed by atoms with Gasteiger partial charge in [-0.15, -0.1) is 0 Å². The fourth-order valence-corrected chi connectivity index (χ4v) is 4.01. The number of hydrogen-bond acceptors (Lipinski definition) is 4. The maximum atomic E-state index is 13.2. The van der Waals surface area contributed by atoms with Gasteiger partial charge in [0, 0.05) is 24.0 Å². The van der Waals surface area contributed by atoms with Crippen LogP contribution in [0.1, 0.15) is 18.4 Å². The van der Waals surface area contributed by atoms with Gasteiger partial charge >= 0.3 is 0 Å². The standard InChI is InChI=1S/C23H22ClN3O4/c24-17-5-3-4-15(12-17)13-20-23(30)27(18-6-1-2-7-19(18)31-20)14-21(28)26-10-8-16(9-11-26)22(25)29/h1-7,12-13,16H,8-11,14H2,(H2,25,29). The van der Waals surface area contributed by atoms with Crippen LogP contribution in [0.5, 0.6) is 5.75 Å². The fourth-order valence-electron chi connectivity index (χ4n) is 3.82. The Bertz CT molecular complexity index is 1060. The summed E-state index contributed by atoms with van der Waals surface area (Å²) in [7, 11) is 0. The minimum atomic E-state index is -0.404. The first-order chi connectivity index (χ1) is 14.9. The summed E-state index contributed by atoms with van der Waals surface area (Å²) in [6.07, 6.45) is 2.68. The smallest absolute Gasteiger partial charge is 0.294 e. The van der Waals surface area contributed by atoms with Gasteiger partial charge in [-0.2, -0.15) is 0 Å². The van der Waals surface area contributed by atoms with E-state index < -0.39 is 5.91 Å². The van der Waals surface area contributed by atoms with Crippen molar-refractivity contribution in [3.8, 4) is 5.75 Å². The van der Waals surface area contributed by atoms with Crippen LogP contribution in [0.4, 0.5) is 5.69 Å². The van der Waals surface area contributed by atoms with Crippen molar-refractivity contribution in [1.29, 1.82) is 0 Å². The molecule has 4 rings (SSSR count). The molecule has 2 aromatic carbocycles. The number of fused-ring (bicyclic) bond motifs is 1.